The first-order chi connectivity index (χ1) is 12.1. The van der Waals surface area contributed by atoms with Crippen molar-refractivity contribution in [2.24, 2.45) is 0 Å². The zero-order valence-electron chi connectivity index (χ0n) is 15.0. The van der Waals surface area contributed by atoms with Crippen molar-refractivity contribution in [1.29, 1.82) is 0 Å². The van der Waals surface area contributed by atoms with Gasteiger partial charge in [-0.05, 0) is 51.2 Å². The van der Waals surface area contributed by atoms with Crippen LogP contribution < -0.4 is 10.2 Å². The number of nitrogens with one attached hydrogen (secondary N) is 1. The molecule has 1 saturated heterocycles. The molecule has 0 aromatic carbocycles. The third-order valence-electron chi connectivity index (χ3n) is 5.27. The molecule has 1 aliphatic heterocycles. The van der Waals surface area contributed by atoms with E-state index in [1.165, 1.54) is 12.8 Å². The van der Waals surface area contributed by atoms with Gasteiger partial charge in [0.25, 0.3) is 5.91 Å². The predicted molar refractivity (Wildman–Crippen MR) is 98.0 cm³/mol. The van der Waals surface area contributed by atoms with Crippen molar-refractivity contribution in [2.45, 2.75) is 58.4 Å². The lowest BCUT2D eigenvalue weighted by Crippen LogP contribution is -2.34. The van der Waals surface area contributed by atoms with Crippen LogP contribution in [0.4, 0.5) is 5.82 Å². The number of nitrogens with zero attached hydrogens (tertiary/aromatic N) is 4. The van der Waals surface area contributed by atoms with Gasteiger partial charge >= 0.3 is 0 Å². The molecule has 6 nitrogen and oxygen atoms in total. The van der Waals surface area contributed by atoms with Crippen molar-refractivity contribution in [2.75, 3.05) is 18.0 Å². The Morgan fingerprint density at radius 3 is 2.52 bits per heavy atom. The SMILES string of the molecule is Cc1cc(C)c2c(N3CCCC3)nc(C(=O)NC3CCCC3)nc2n1. The number of carbonyl (C=O) groups excluding carboxylic acids is 1. The summed E-state index contributed by atoms with van der Waals surface area (Å²) in [5.74, 6) is 0.943. The van der Waals surface area contributed by atoms with Crippen molar-refractivity contribution in [3.05, 3.63) is 23.1 Å². The molecule has 2 aromatic rings. The van der Waals surface area contributed by atoms with Gasteiger partial charge in [-0.1, -0.05) is 12.8 Å². The van der Waals surface area contributed by atoms with Crippen molar-refractivity contribution in [3.63, 3.8) is 0 Å². The molecule has 0 unspecified atom stereocenters. The first kappa shape index (κ1) is 16.2. The fraction of sp³-hybridized carbons (Fsp3) is 0.579. The summed E-state index contributed by atoms with van der Waals surface area (Å²) in [5, 5.41) is 4.07. The van der Waals surface area contributed by atoms with Crippen molar-refractivity contribution in [1.82, 2.24) is 20.3 Å². The van der Waals surface area contributed by atoms with Gasteiger partial charge in [-0.25, -0.2) is 15.0 Å². The number of aryl methyl sites for hydroxylation is 2. The lowest BCUT2D eigenvalue weighted by molar-refractivity contribution is 0.0927. The molecule has 1 aliphatic carbocycles. The Morgan fingerprint density at radius 2 is 1.80 bits per heavy atom. The van der Waals surface area contributed by atoms with E-state index < -0.39 is 0 Å². The molecule has 1 amide bonds. The standard InChI is InChI=1S/C19H25N5O/c1-12-11-13(2)20-16-15(12)18(24-9-5-6-10-24)23-17(22-16)19(25)21-14-7-3-4-8-14/h11,14H,3-10H2,1-2H3,(H,21,25). The third kappa shape index (κ3) is 3.17. The Bertz CT molecular complexity index is 807. The van der Waals surface area contributed by atoms with Crippen LogP contribution in [0.3, 0.4) is 0 Å². The monoisotopic (exact) mass is 339 g/mol. The number of carbonyl (C=O) groups is 1. The van der Waals surface area contributed by atoms with Crippen LogP contribution >= 0.6 is 0 Å². The van der Waals surface area contributed by atoms with Crippen LogP contribution in [0.1, 0.15) is 60.4 Å². The van der Waals surface area contributed by atoms with E-state index in [2.05, 4.69) is 38.2 Å². The van der Waals surface area contributed by atoms with E-state index in [9.17, 15) is 4.79 Å². The summed E-state index contributed by atoms with van der Waals surface area (Å²) in [6.07, 6.45) is 6.79. The molecule has 0 atom stereocenters. The molecule has 3 heterocycles. The van der Waals surface area contributed by atoms with Gasteiger partial charge < -0.3 is 10.2 Å². The quantitative estimate of drug-likeness (QED) is 0.931. The Balaban J connectivity index is 1.77. The predicted octanol–water partition coefficient (Wildman–Crippen LogP) is 2.91. The molecule has 2 aliphatic rings. The van der Waals surface area contributed by atoms with Crippen LogP contribution in [-0.4, -0.2) is 40.0 Å². The van der Waals surface area contributed by atoms with Crippen LogP contribution in [0, 0.1) is 13.8 Å². The number of rotatable bonds is 3. The average Bonchev–Trinajstić information content (AvgIpc) is 3.27. The average molecular weight is 339 g/mol. The van der Waals surface area contributed by atoms with E-state index in [0.29, 0.717) is 5.65 Å². The van der Waals surface area contributed by atoms with Gasteiger partial charge in [0.2, 0.25) is 5.82 Å². The van der Waals surface area contributed by atoms with Crippen LogP contribution in [0.15, 0.2) is 6.07 Å². The smallest absolute Gasteiger partial charge is 0.289 e. The largest absolute Gasteiger partial charge is 0.356 e. The highest BCUT2D eigenvalue weighted by atomic mass is 16.2. The molecule has 1 saturated carbocycles. The van der Waals surface area contributed by atoms with Crippen molar-refractivity contribution in [3.8, 4) is 0 Å². The molecule has 1 N–H and O–H groups in total. The van der Waals surface area contributed by atoms with E-state index in [1.54, 1.807) is 0 Å². The van der Waals surface area contributed by atoms with Crippen molar-refractivity contribution >= 4 is 22.8 Å². The fourth-order valence-corrected chi connectivity index (χ4v) is 4.04. The topological polar surface area (TPSA) is 71.0 Å². The van der Waals surface area contributed by atoms with E-state index in [4.69, 9.17) is 0 Å². The van der Waals surface area contributed by atoms with Gasteiger partial charge in [-0.2, -0.15) is 0 Å². The van der Waals surface area contributed by atoms with Gasteiger partial charge in [-0.3, -0.25) is 4.79 Å². The van der Waals surface area contributed by atoms with Crippen LogP contribution in [0.25, 0.3) is 11.0 Å². The maximum atomic E-state index is 12.7. The Morgan fingerprint density at radius 1 is 1.08 bits per heavy atom. The van der Waals surface area contributed by atoms with Gasteiger partial charge in [0.15, 0.2) is 5.65 Å². The molecule has 2 aromatic heterocycles. The minimum atomic E-state index is -0.171. The summed E-state index contributed by atoms with van der Waals surface area (Å²) in [4.78, 5) is 28.7. The second-order valence-electron chi connectivity index (χ2n) is 7.30. The number of anilines is 1. The second-order valence-corrected chi connectivity index (χ2v) is 7.30. The Labute approximate surface area is 148 Å². The molecule has 0 bridgehead atoms. The molecule has 4 rings (SSSR count). The summed E-state index contributed by atoms with van der Waals surface area (Å²) in [5.41, 5.74) is 2.66. The van der Waals surface area contributed by atoms with E-state index >= 15 is 0 Å². The number of hydrogen-bond acceptors (Lipinski definition) is 5. The zero-order chi connectivity index (χ0) is 17.4. The summed E-state index contributed by atoms with van der Waals surface area (Å²) >= 11 is 0. The molecule has 0 spiro atoms. The Hall–Kier alpha value is -2.24. The third-order valence-corrected chi connectivity index (χ3v) is 5.27. The van der Waals surface area contributed by atoms with Crippen LogP contribution in [0.2, 0.25) is 0 Å². The number of aromatic nitrogens is 3. The highest BCUT2D eigenvalue weighted by molar-refractivity contribution is 5.97. The zero-order valence-corrected chi connectivity index (χ0v) is 15.0. The van der Waals surface area contributed by atoms with E-state index in [0.717, 1.165) is 61.2 Å². The Kier molecular flexibility index (Phi) is 4.27. The fourth-order valence-electron chi connectivity index (χ4n) is 4.04. The molecule has 0 radical (unpaired) electrons. The molecule has 6 heteroatoms. The number of fused-ring (bicyclic) bond motifs is 1. The van der Waals surface area contributed by atoms with Gasteiger partial charge in [0.05, 0.1) is 5.39 Å². The minimum Gasteiger partial charge on any atom is -0.356 e. The molecular formula is C19H25N5O. The second kappa shape index (κ2) is 6.58. The normalized spacial score (nSPS) is 18.2. The maximum absolute atomic E-state index is 12.7. The lowest BCUT2D eigenvalue weighted by Gasteiger charge is -2.20. The highest BCUT2D eigenvalue weighted by Gasteiger charge is 2.24. The first-order valence-electron chi connectivity index (χ1n) is 9.33. The summed E-state index contributed by atoms with van der Waals surface area (Å²) < 4.78 is 0. The molecule has 25 heavy (non-hydrogen) atoms. The highest BCUT2D eigenvalue weighted by Crippen LogP contribution is 2.29. The van der Waals surface area contributed by atoms with E-state index in [1.807, 2.05) is 6.92 Å². The summed E-state index contributed by atoms with van der Waals surface area (Å²) in [7, 11) is 0. The van der Waals surface area contributed by atoms with Crippen LogP contribution in [-0.2, 0) is 0 Å². The number of pyridine rings is 1. The first-order valence-corrected chi connectivity index (χ1v) is 9.33. The molecule has 2 fully saturated rings. The van der Waals surface area contributed by atoms with Gasteiger partial charge in [0, 0.05) is 24.8 Å². The minimum absolute atomic E-state index is 0.171. The summed E-state index contributed by atoms with van der Waals surface area (Å²) in [6, 6.07) is 2.32. The van der Waals surface area contributed by atoms with E-state index in [-0.39, 0.29) is 17.8 Å². The molecular weight excluding hydrogens is 314 g/mol. The number of hydrogen-bond donors (Lipinski definition) is 1. The van der Waals surface area contributed by atoms with Crippen molar-refractivity contribution < 1.29 is 4.79 Å². The van der Waals surface area contributed by atoms with Gasteiger partial charge in [-0.15, -0.1) is 0 Å². The summed E-state index contributed by atoms with van der Waals surface area (Å²) in [6.45, 7) is 5.98. The maximum Gasteiger partial charge on any atom is 0.289 e. The number of amides is 1. The molecule has 132 valence electrons. The van der Waals surface area contributed by atoms with Crippen LogP contribution in [0.5, 0.6) is 0 Å². The van der Waals surface area contributed by atoms with Gasteiger partial charge in [0.1, 0.15) is 5.82 Å². The lowest BCUT2D eigenvalue weighted by atomic mass is 10.1.